The highest BCUT2D eigenvalue weighted by Crippen LogP contribution is 2.41. The zero-order chi connectivity index (χ0) is 21.3. The van der Waals surface area contributed by atoms with E-state index in [0.717, 1.165) is 0 Å². The standard InChI is InChI=1S/C21H20N2O5S2/c1-14(24)15-6-5-7-16(10-15)23-18-12-30(26,27)13-19(18)29-21(23)22-20(25)11-28-17-8-3-2-4-9-17/h2-10,18-19H,11-13H2,1H3/t18-,19-/m0/s1. The average molecular weight is 445 g/mol. The Labute approximate surface area is 179 Å². The molecule has 4 rings (SSSR count). The highest BCUT2D eigenvalue weighted by atomic mass is 32.2. The van der Waals surface area contributed by atoms with Gasteiger partial charge in [-0.25, -0.2) is 8.42 Å². The Bertz CT molecular complexity index is 1120. The number of para-hydroxylation sites is 1. The van der Waals surface area contributed by atoms with Crippen molar-refractivity contribution >= 4 is 44.1 Å². The Kier molecular flexibility index (Phi) is 5.66. The largest absolute Gasteiger partial charge is 0.484 e. The van der Waals surface area contributed by atoms with Gasteiger partial charge in [0.15, 0.2) is 27.4 Å². The number of carbonyl (C=O) groups excluding carboxylic acids is 2. The van der Waals surface area contributed by atoms with Gasteiger partial charge in [0.25, 0.3) is 5.91 Å². The Morgan fingerprint density at radius 3 is 2.63 bits per heavy atom. The molecular formula is C21H20N2O5S2. The average Bonchev–Trinajstić information content (AvgIpc) is 3.17. The lowest BCUT2D eigenvalue weighted by Gasteiger charge is -2.24. The number of amides is 1. The normalized spacial score (nSPS) is 23.4. The first-order valence-corrected chi connectivity index (χ1v) is 12.1. The third kappa shape index (κ3) is 4.41. The van der Waals surface area contributed by atoms with Crippen LogP contribution in [0.5, 0.6) is 5.75 Å². The molecule has 0 saturated carbocycles. The number of sulfone groups is 1. The van der Waals surface area contributed by atoms with Crippen LogP contribution in [0.2, 0.25) is 0 Å². The molecule has 2 atom stereocenters. The first kappa shape index (κ1) is 20.6. The number of Topliss-reactive ketones (excluding diaryl/α,β-unsaturated/α-hetero) is 1. The van der Waals surface area contributed by atoms with Crippen molar-refractivity contribution in [3.63, 3.8) is 0 Å². The van der Waals surface area contributed by atoms with Crippen LogP contribution in [0.3, 0.4) is 0 Å². The number of aliphatic imine (C=N–C) groups is 1. The van der Waals surface area contributed by atoms with Crippen molar-refractivity contribution < 1.29 is 22.7 Å². The van der Waals surface area contributed by atoms with Gasteiger partial charge in [0.1, 0.15) is 5.75 Å². The zero-order valence-corrected chi connectivity index (χ0v) is 17.9. The summed E-state index contributed by atoms with van der Waals surface area (Å²) in [4.78, 5) is 30.2. The van der Waals surface area contributed by atoms with Crippen LogP contribution in [0.4, 0.5) is 5.69 Å². The van der Waals surface area contributed by atoms with Gasteiger partial charge in [0.2, 0.25) is 0 Å². The first-order chi connectivity index (χ1) is 14.3. The van der Waals surface area contributed by atoms with Gasteiger partial charge >= 0.3 is 0 Å². The molecule has 156 valence electrons. The monoisotopic (exact) mass is 444 g/mol. The summed E-state index contributed by atoms with van der Waals surface area (Å²) in [5, 5.41) is 0.222. The van der Waals surface area contributed by atoms with Crippen molar-refractivity contribution in [2.75, 3.05) is 23.0 Å². The van der Waals surface area contributed by atoms with E-state index in [1.807, 2.05) is 18.2 Å². The fourth-order valence-electron chi connectivity index (χ4n) is 3.54. The molecule has 0 bridgehead atoms. The summed E-state index contributed by atoms with van der Waals surface area (Å²) in [6.45, 7) is 1.25. The molecule has 2 heterocycles. The van der Waals surface area contributed by atoms with Crippen LogP contribution in [-0.2, 0) is 14.6 Å². The zero-order valence-electron chi connectivity index (χ0n) is 16.2. The minimum Gasteiger partial charge on any atom is -0.484 e. The van der Waals surface area contributed by atoms with Gasteiger partial charge in [-0.15, -0.1) is 0 Å². The molecule has 30 heavy (non-hydrogen) atoms. The van der Waals surface area contributed by atoms with Gasteiger partial charge in [0, 0.05) is 16.5 Å². The fourth-order valence-corrected chi connectivity index (χ4v) is 7.47. The predicted molar refractivity (Wildman–Crippen MR) is 117 cm³/mol. The summed E-state index contributed by atoms with van der Waals surface area (Å²) in [7, 11) is -3.17. The summed E-state index contributed by atoms with van der Waals surface area (Å²) in [6, 6.07) is 15.6. The van der Waals surface area contributed by atoms with Gasteiger partial charge in [-0.3, -0.25) is 9.59 Å². The van der Waals surface area contributed by atoms with E-state index in [0.29, 0.717) is 22.2 Å². The van der Waals surface area contributed by atoms with E-state index in [9.17, 15) is 18.0 Å². The van der Waals surface area contributed by atoms with E-state index in [2.05, 4.69) is 4.99 Å². The number of fused-ring (bicyclic) bond motifs is 1. The van der Waals surface area contributed by atoms with Crippen LogP contribution < -0.4 is 9.64 Å². The molecule has 0 aromatic heterocycles. The maximum Gasteiger partial charge on any atom is 0.285 e. The summed E-state index contributed by atoms with van der Waals surface area (Å²) in [5.74, 6) is 0.0443. The number of ketones is 1. The van der Waals surface area contributed by atoms with E-state index in [1.165, 1.54) is 18.7 Å². The van der Waals surface area contributed by atoms with Crippen LogP contribution >= 0.6 is 11.8 Å². The third-order valence-electron chi connectivity index (χ3n) is 4.92. The number of hydrogen-bond donors (Lipinski definition) is 0. The summed E-state index contributed by atoms with van der Waals surface area (Å²) < 4.78 is 29.8. The van der Waals surface area contributed by atoms with E-state index in [1.54, 1.807) is 41.3 Å². The fraction of sp³-hybridized carbons (Fsp3) is 0.286. The molecule has 9 heteroatoms. The van der Waals surface area contributed by atoms with E-state index < -0.39 is 15.7 Å². The smallest absolute Gasteiger partial charge is 0.285 e. The van der Waals surface area contributed by atoms with E-state index in [-0.39, 0.29) is 35.2 Å². The second-order valence-electron chi connectivity index (χ2n) is 7.17. The van der Waals surface area contributed by atoms with Gasteiger partial charge in [-0.05, 0) is 31.2 Å². The Morgan fingerprint density at radius 1 is 1.13 bits per heavy atom. The molecule has 2 fully saturated rings. The second kappa shape index (κ2) is 8.23. The number of benzene rings is 2. The van der Waals surface area contributed by atoms with Crippen LogP contribution in [0.25, 0.3) is 0 Å². The molecule has 2 aliphatic heterocycles. The molecule has 1 amide bonds. The number of carbonyl (C=O) groups is 2. The number of rotatable bonds is 5. The van der Waals surface area contributed by atoms with Crippen molar-refractivity contribution in [1.82, 2.24) is 0 Å². The summed E-state index contributed by atoms with van der Waals surface area (Å²) in [5.41, 5.74) is 1.16. The molecule has 2 saturated heterocycles. The van der Waals surface area contributed by atoms with Crippen LogP contribution in [-0.4, -0.2) is 54.7 Å². The van der Waals surface area contributed by atoms with Gasteiger partial charge < -0.3 is 9.64 Å². The number of ether oxygens (including phenoxy) is 1. The molecule has 2 aliphatic rings. The molecule has 0 aliphatic carbocycles. The van der Waals surface area contributed by atoms with Crippen molar-refractivity contribution in [2.24, 2.45) is 4.99 Å². The molecule has 0 radical (unpaired) electrons. The molecular weight excluding hydrogens is 424 g/mol. The van der Waals surface area contributed by atoms with Crippen molar-refractivity contribution in [2.45, 2.75) is 18.2 Å². The Hall–Kier alpha value is -2.65. The topological polar surface area (TPSA) is 93.1 Å². The van der Waals surface area contributed by atoms with Gasteiger partial charge in [-0.1, -0.05) is 42.1 Å². The summed E-state index contributed by atoms with van der Waals surface area (Å²) >= 11 is 1.29. The van der Waals surface area contributed by atoms with Crippen molar-refractivity contribution in [3.8, 4) is 5.75 Å². The Balaban J connectivity index is 1.61. The van der Waals surface area contributed by atoms with Crippen molar-refractivity contribution in [3.05, 3.63) is 60.2 Å². The number of anilines is 1. The highest BCUT2D eigenvalue weighted by molar-refractivity contribution is 8.16. The lowest BCUT2D eigenvalue weighted by molar-refractivity contribution is -0.119. The molecule has 0 N–H and O–H groups in total. The van der Waals surface area contributed by atoms with Crippen molar-refractivity contribution in [1.29, 1.82) is 0 Å². The van der Waals surface area contributed by atoms with Gasteiger partial charge in [0.05, 0.1) is 17.5 Å². The second-order valence-corrected chi connectivity index (χ2v) is 10.5. The van der Waals surface area contributed by atoms with Crippen LogP contribution in [0.15, 0.2) is 59.6 Å². The molecule has 0 unspecified atom stereocenters. The first-order valence-electron chi connectivity index (χ1n) is 9.39. The molecule has 2 aromatic carbocycles. The van der Waals surface area contributed by atoms with E-state index >= 15 is 0 Å². The van der Waals surface area contributed by atoms with E-state index in [4.69, 9.17) is 4.74 Å². The number of amidine groups is 1. The predicted octanol–water partition coefficient (Wildman–Crippen LogP) is 2.57. The van der Waals surface area contributed by atoms with Crippen LogP contribution in [0, 0.1) is 0 Å². The highest BCUT2D eigenvalue weighted by Gasteiger charge is 2.49. The Morgan fingerprint density at radius 2 is 1.90 bits per heavy atom. The summed E-state index contributed by atoms with van der Waals surface area (Å²) in [6.07, 6.45) is 0. The maximum atomic E-state index is 12.4. The minimum absolute atomic E-state index is 0.0112. The molecule has 2 aromatic rings. The lowest BCUT2D eigenvalue weighted by Crippen LogP contribution is -2.38. The molecule has 0 spiro atoms. The third-order valence-corrected chi connectivity index (χ3v) is 8.13. The quantitative estimate of drug-likeness (QED) is 0.655. The molecule has 7 nitrogen and oxygen atoms in total. The van der Waals surface area contributed by atoms with Gasteiger partial charge in [-0.2, -0.15) is 4.99 Å². The SMILES string of the molecule is CC(=O)c1cccc(N2C(=NC(=O)COc3ccccc3)S[C@H]3CS(=O)(=O)C[C@@H]32)c1. The maximum absolute atomic E-state index is 12.4. The number of hydrogen-bond acceptors (Lipinski definition) is 6. The minimum atomic E-state index is -3.17. The number of thioether (sulfide) groups is 1. The lowest BCUT2D eigenvalue weighted by atomic mass is 10.1. The number of nitrogens with zero attached hydrogens (tertiary/aromatic N) is 2. The van der Waals surface area contributed by atoms with Crippen LogP contribution in [0.1, 0.15) is 17.3 Å².